The van der Waals surface area contributed by atoms with Crippen molar-refractivity contribution in [1.29, 1.82) is 0 Å². The number of hydrogen-bond acceptors (Lipinski definition) is 14. The SMILES string of the molecule is Nc1cc2c(O)c(N=Nc3ccc(N=Nc4ccc5[nH]c(=O)[nH]c5c4)c4ncccc34)c(SOOO)cc2cc1S(=O)(=O)O. The summed E-state index contributed by atoms with van der Waals surface area (Å²) in [6.07, 6.45) is 1.57. The van der Waals surface area contributed by atoms with Crippen LogP contribution in [0.1, 0.15) is 0 Å². The molecule has 0 unspecified atom stereocenters. The fourth-order valence-electron chi connectivity index (χ4n) is 4.43. The summed E-state index contributed by atoms with van der Waals surface area (Å²) in [6, 6.07) is 15.3. The Balaban J connectivity index is 1.40. The van der Waals surface area contributed by atoms with E-state index in [0.717, 1.165) is 12.1 Å². The normalized spacial score (nSPS) is 12.4. The number of benzene rings is 4. The number of imidazole rings is 1. The molecule has 44 heavy (non-hydrogen) atoms. The highest BCUT2D eigenvalue weighted by Crippen LogP contribution is 2.46. The number of nitrogens with two attached hydrogens (primary N) is 1. The number of aromatic nitrogens is 3. The Morgan fingerprint density at radius 1 is 0.909 bits per heavy atom. The Bertz CT molecular complexity index is 2320. The zero-order chi connectivity index (χ0) is 31.0. The second kappa shape index (κ2) is 11.4. The summed E-state index contributed by atoms with van der Waals surface area (Å²) in [5, 5.41) is 41.3. The molecular formula is C26H18N8O8S2. The first-order valence-corrected chi connectivity index (χ1v) is 14.5. The highest BCUT2D eigenvalue weighted by molar-refractivity contribution is 7.94. The van der Waals surface area contributed by atoms with Crippen LogP contribution in [0, 0.1) is 0 Å². The van der Waals surface area contributed by atoms with Crippen molar-refractivity contribution in [2.75, 3.05) is 5.73 Å². The zero-order valence-corrected chi connectivity index (χ0v) is 23.5. The number of anilines is 1. The number of nitrogens with one attached hydrogen (secondary N) is 2. The molecule has 18 heteroatoms. The van der Waals surface area contributed by atoms with Gasteiger partial charge in [0.25, 0.3) is 10.1 Å². The lowest BCUT2D eigenvalue weighted by Gasteiger charge is -2.11. The minimum absolute atomic E-state index is 0.0625. The van der Waals surface area contributed by atoms with Gasteiger partial charge in [-0.2, -0.15) is 13.5 Å². The van der Waals surface area contributed by atoms with Gasteiger partial charge in [0.15, 0.2) is 5.75 Å². The Morgan fingerprint density at radius 3 is 2.48 bits per heavy atom. The molecular weight excluding hydrogens is 616 g/mol. The molecule has 0 amide bonds. The van der Waals surface area contributed by atoms with Crippen LogP contribution in [0.5, 0.6) is 5.75 Å². The van der Waals surface area contributed by atoms with E-state index in [4.69, 9.17) is 11.0 Å². The van der Waals surface area contributed by atoms with E-state index in [9.17, 15) is 22.9 Å². The molecule has 4 aromatic carbocycles. The molecule has 0 radical (unpaired) electrons. The highest BCUT2D eigenvalue weighted by atomic mass is 32.2. The maximum absolute atomic E-state index is 11.7. The summed E-state index contributed by atoms with van der Waals surface area (Å²) in [6.45, 7) is 0. The zero-order valence-electron chi connectivity index (χ0n) is 21.9. The van der Waals surface area contributed by atoms with Gasteiger partial charge in [-0.25, -0.2) is 10.1 Å². The van der Waals surface area contributed by atoms with Gasteiger partial charge in [-0.1, -0.05) is 5.04 Å². The van der Waals surface area contributed by atoms with Gasteiger partial charge in [-0.15, -0.1) is 19.7 Å². The van der Waals surface area contributed by atoms with Gasteiger partial charge in [-0.3, -0.25) is 9.54 Å². The first kappa shape index (κ1) is 28.9. The predicted octanol–water partition coefficient (Wildman–Crippen LogP) is 6.35. The average Bonchev–Trinajstić information content (AvgIpc) is 3.37. The quantitative estimate of drug-likeness (QED) is 0.0268. The summed E-state index contributed by atoms with van der Waals surface area (Å²) in [5.74, 6) is -0.447. The van der Waals surface area contributed by atoms with E-state index in [1.54, 1.807) is 48.7 Å². The first-order valence-electron chi connectivity index (χ1n) is 12.3. The van der Waals surface area contributed by atoms with Crippen molar-refractivity contribution in [3.05, 3.63) is 77.3 Å². The van der Waals surface area contributed by atoms with E-state index in [1.165, 1.54) is 6.07 Å². The van der Waals surface area contributed by atoms with Crippen LogP contribution in [0.3, 0.4) is 0 Å². The summed E-state index contributed by atoms with van der Waals surface area (Å²) >= 11 is 0.451. The van der Waals surface area contributed by atoms with E-state index >= 15 is 0 Å². The Morgan fingerprint density at radius 2 is 1.68 bits per heavy atom. The number of rotatable bonds is 8. The second-order valence-corrected chi connectivity index (χ2v) is 11.2. The van der Waals surface area contributed by atoms with Crippen LogP contribution >= 0.6 is 12.0 Å². The number of aromatic amines is 2. The Kier molecular flexibility index (Phi) is 7.51. The number of hydrogen-bond donors (Lipinski definition) is 6. The minimum atomic E-state index is -4.66. The smallest absolute Gasteiger partial charge is 0.323 e. The third-order valence-corrected chi connectivity index (χ3v) is 7.90. The van der Waals surface area contributed by atoms with Gasteiger partial charge in [-0.05, 0) is 66.0 Å². The fraction of sp³-hybridized carbons (Fsp3) is 0. The van der Waals surface area contributed by atoms with Crippen molar-refractivity contribution in [3.63, 3.8) is 0 Å². The van der Waals surface area contributed by atoms with Gasteiger partial charge >= 0.3 is 5.69 Å². The molecule has 0 aliphatic carbocycles. The monoisotopic (exact) mass is 634 g/mol. The van der Waals surface area contributed by atoms with Crippen molar-refractivity contribution < 1.29 is 32.7 Å². The van der Waals surface area contributed by atoms with Crippen LogP contribution in [0.4, 0.5) is 28.4 Å². The molecule has 0 aliphatic heterocycles. The van der Waals surface area contributed by atoms with Crippen LogP contribution in [0.2, 0.25) is 0 Å². The molecule has 0 aliphatic rings. The number of azo groups is 2. The molecule has 7 N–H and O–H groups in total. The number of nitrogen functional groups attached to an aromatic ring is 1. The lowest BCUT2D eigenvalue weighted by molar-refractivity contribution is -0.432. The Hall–Kier alpha value is -5.24. The van der Waals surface area contributed by atoms with Crippen molar-refractivity contribution in [3.8, 4) is 5.75 Å². The standard InChI is InChI=1S/C26H18N8O8S2/c27-16-11-15-12(9-22(16)44(38,39)40)8-21(43-42-41-37)24(25(15)35)34-32-17-5-6-19(23-14(17)2-1-7-28-23)33-31-13-3-4-18-20(10-13)30-26(36)29-18/h1-11,35,37H,27H2,(H2,29,30,36)(H,38,39,40). The molecule has 2 aromatic heterocycles. The Labute approximate surface area is 249 Å². The number of nitrogens with zero attached hydrogens (tertiary/aromatic N) is 5. The molecule has 0 saturated carbocycles. The van der Waals surface area contributed by atoms with Crippen molar-refractivity contribution in [2.24, 2.45) is 20.5 Å². The van der Waals surface area contributed by atoms with Crippen LogP contribution < -0.4 is 11.4 Å². The van der Waals surface area contributed by atoms with Gasteiger partial charge in [0.2, 0.25) is 0 Å². The third-order valence-electron chi connectivity index (χ3n) is 6.37. The molecule has 0 spiro atoms. The number of fused-ring (bicyclic) bond motifs is 3. The van der Waals surface area contributed by atoms with Gasteiger partial charge < -0.3 is 20.8 Å². The second-order valence-electron chi connectivity index (χ2n) is 9.10. The van der Waals surface area contributed by atoms with Crippen molar-refractivity contribution >= 4 is 83.3 Å². The van der Waals surface area contributed by atoms with Crippen molar-refractivity contribution in [1.82, 2.24) is 15.0 Å². The molecule has 0 saturated heterocycles. The van der Waals surface area contributed by atoms with E-state index in [2.05, 4.69) is 44.8 Å². The van der Waals surface area contributed by atoms with E-state index in [1.807, 2.05) is 0 Å². The van der Waals surface area contributed by atoms with E-state index in [0.29, 0.717) is 51.0 Å². The van der Waals surface area contributed by atoms with Crippen LogP contribution in [0.15, 0.2) is 102 Å². The number of phenolic OH excluding ortho intramolecular Hbond substituents is 1. The highest BCUT2D eigenvalue weighted by Gasteiger charge is 2.20. The first-order chi connectivity index (χ1) is 21.1. The fourth-order valence-corrected chi connectivity index (χ4v) is 5.56. The van der Waals surface area contributed by atoms with Crippen LogP contribution in [-0.2, 0) is 19.5 Å². The third kappa shape index (κ3) is 5.58. The number of pyridine rings is 1. The number of H-pyrrole nitrogens is 2. The molecule has 0 atom stereocenters. The van der Waals surface area contributed by atoms with Gasteiger partial charge in [0.05, 0.1) is 50.6 Å². The van der Waals surface area contributed by atoms with Crippen molar-refractivity contribution in [2.45, 2.75) is 9.79 Å². The maximum Gasteiger partial charge on any atom is 0.323 e. The molecule has 2 heterocycles. The average molecular weight is 635 g/mol. The van der Waals surface area contributed by atoms with Crippen LogP contribution in [-0.4, -0.2) is 38.3 Å². The van der Waals surface area contributed by atoms with Crippen LogP contribution in [0.25, 0.3) is 32.7 Å². The molecule has 6 aromatic rings. The molecule has 6 rings (SSSR count). The lowest BCUT2D eigenvalue weighted by Crippen LogP contribution is -2.03. The summed E-state index contributed by atoms with van der Waals surface area (Å²) in [7, 11) is -4.66. The largest absolute Gasteiger partial charge is 0.505 e. The molecule has 222 valence electrons. The van der Waals surface area contributed by atoms with E-state index in [-0.39, 0.29) is 32.7 Å². The number of phenols is 1. The summed E-state index contributed by atoms with van der Waals surface area (Å²) in [5.41, 5.74) is 7.97. The van der Waals surface area contributed by atoms with Gasteiger partial charge in [0.1, 0.15) is 16.3 Å². The number of aromatic hydroxyl groups is 1. The lowest BCUT2D eigenvalue weighted by atomic mass is 10.1. The topological polar surface area (TPSA) is 250 Å². The minimum Gasteiger partial charge on any atom is -0.505 e. The molecule has 16 nitrogen and oxygen atoms in total. The summed E-state index contributed by atoms with van der Waals surface area (Å²) in [4.78, 5) is 20.8. The van der Waals surface area contributed by atoms with Gasteiger partial charge in [0, 0.05) is 17.0 Å². The van der Waals surface area contributed by atoms with E-state index < -0.39 is 20.8 Å². The maximum atomic E-state index is 11.7. The molecule has 0 fully saturated rings. The predicted molar refractivity (Wildman–Crippen MR) is 160 cm³/mol. The molecule has 0 bridgehead atoms. The summed E-state index contributed by atoms with van der Waals surface area (Å²) < 4.78 is 37.5.